The fourth-order valence-electron chi connectivity index (χ4n) is 2.56. The third-order valence-electron chi connectivity index (χ3n) is 3.84. The molecule has 4 N–H and O–H groups in total. The van der Waals surface area contributed by atoms with Gasteiger partial charge in [0.1, 0.15) is 0 Å². The zero-order chi connectivity index (χ0) is 14.0. The highest BCUT2D eigenvalue weighted by atomic mass is 16.5. The van der Waals surface area contributed by atoms with Crippen LogP contribution in [0, 0.1) is 5.92 Å². The molecule has 1 aromatic carbocycles. The molecule has 104 valence electrons. The van der Waals surface area contributed by atoms with Crippen molar-refractivity contribution in [3.8, 4) is 0 Å². The molecule has 1 fully saturated rings. The van der Waals surface area contributed by atoms with E-state index in [2.05, 4.69) is 11.8 Å². The van der Waals surface area contributed by atoms with Gasteiger partial charge in [-0.2, -0.15) is 0 Å². The first-order valence-corrected chi connectivity index (χ1v) is 6.50. The minimum absolute atomic E-state index is 0.212. The van der Waals surface area contributed by atoms with E-state index < -0.39 is 5.91 Å². The smallest absolute Gasteiger partial charge is 0.248 e. The number of primary amides is 1. The highest BCUT2D eigenvalue weighted by molar-refractivity contribution is 5.94. The number of carbonyl (C=O) groups excluding carboxylic acids is 1. The molecule has 2 rings (SSSR count). The predicted octanol–water partition coefficient (Wildman–Crippen LogP) is 1.23. The Bertz CT molecular complexity index is 476. The largest absolute Gasteiger partial charge is 0.397 e. The van der Waals surface area contributed by atoms with Gasteiger partial charge in [0.05, 0.1) is 17.5 Å². The van der Waals surface area contributed by atoms with Crippen LogP contribution < -0.4 is 16.4 Å². The van der Waals surface area contributed by atoms with Crippen LogP contribution in [0.3, 0.4) is 0 Å². The first-order chi connectivity index (χ1) is 9.02. The van der Waals surface area contributed by atoms with Gasteiger partial charge in [-0.3, -0.25) is 4.79 Å². The van der Waals surface area contributed by atoms with Crippen molar-refractivity contribution in [1.29, 1.82) is 0 Å². The fourth-order valence-corrected chi connectivity index (χ4v) is 2.56. The summed E-state index contributed by atoms with van der Waals surface area (Å²) in [6.07, 6.45) is 1.28. The molecule has 1 amide bonds. The highest BCUT2D eigenvalue weighted by Crippen LogP contribution is 2.29. The predicted molar refractivity (Wildman–Crippen MR) is 76.2 cm³/mol. The molecule has 1 aliphatic heterocycles. The average molecular weight is 263 g/mol. The number of piperidine rings is 1. The molecule has 1 saturated heterocycles. The first kappa shape index (κ1) is 13.7. The maximum atomic E-state index is 11.1. The van der Waals surface area contributed by atoms with Gasteiger partial charge in [-0.05, 0) is 30.5 Å². The summed E-state index contributed by atoms with van der Waals surface area (Å²) < 4.78 is 5.50. The molecule has 1 heterocycles. The van der Waals surface area contributed by atoms with Crippen molar-refractivity contribution < 1.29 is 9.53 Å². The van der Waals surface area contributed by atoms with Crippen molar-refractivity contribution in [2.24, 2.45) is 11.7 Å². The number of methoxy groups -OCH3 is 1. The van der Waals surface area contributed by atoms with E-state index in [1.807, 2.05) is 6.07 Å². The minimum atomic E-state index is -0.458. The summed E-state index contributed by atoms with van der Waals surface area (Å²) in [6.45, 7) is 3.96. The number of rotatable bonds is 3. The normalized spacial score (nSPS) is 23.4. The number of hydrogen-bond donors (Lipinski definition) is 2. The van der Waals surface area contributed by atoms with Crippen molar-refractivity contribution in [2.45, 2.75) is 19.4 Å². The van der Waals surface area contributed by atoms with Gasteiger partial charge in [0.15, 0.2) is 0 Å². The van der Waals surface area contributed by atoms with E-state index in [1.165, 1.54) is 0 Å². The monoisotopic (exact) mass is 263 g/mol. The number of anilines is 2. The lowest BCUT2D eigenvalue weighted by atomic mass is 9.95. The summed E-state index contributed by atoms with van der Waals surface area (Å²) in [5.74, 6) is 0.0904. The summed E-state index contributed by atoms with van der Waals surface area (Å²) in [4.78, 5) is 13.3. The maximum Gasteiger partial charge on any atom is 0.248 e. The van der Waals surface area contributed by atoms with Crippen molar-refractivity contribution in [3.05, 3.63) is 23.8 Å². The number of nitrogens with two attached hydrogens (primary N) is 2. The van der Waals surface area contributed by atoms with Gasteiger partial charge < -0.3 is 21.1 Å². The second-order valence-electron chi connectivity index (χ2n) is 5.12. The zero-order valence-electron chi connectivity index (χ0n) is 11.4. The van der Waals surface area contributed by atoms with Gasteiger partial charge in [0, 0.05) is 25.8 Å². The minimum Gasteiger partial charge on any atom is -0.397 e. The lowest BCUT2D eigenvalue weighted by molar-refractivity contribution is 0.0499. The number of ether oxygens (including phenoxy) is 1. The number of hydrogen-bond acceptors (Lipinski definition) is 4. The summed E-state index contributed by atoms with van der Waals surface area (Å²) in [5, 5.41) is 0. The summed E-state index contributed by atoms with van der Waals surface area (Å²) in [7, 11) is 1.74. The number of nitrogens with zero attached hydrogens (tertiary/aromatic N) is 1. The van der Waals surface area contributed by atoms with Crippen LogP contribution in [0.1, 0.15) is 23.7 Å². The Kier molecular flexibility index (Phi) is 3.95. The Morgan fingerprint density at radius 2 is 2.21 bits per heavy atom. The van der Waals surface area contributed by atoms with Crippen LogP contribution in [0.4, 0.5) is 11.4 Å². The molecule has 0 saturated carbocycles. The molecule has 0 bridgehead atoms. The standard InChI is InChI=1S/C14H21N3O2/c1-9-5-6-17(8-13(9)19-2)12-4-3-10(14(16)18)7-11(12)15/h3-4,7,9,13H,5-6,8,15H2,1-2H3,(H2,16,18). The van der Waals surface area contributed by atoms with Gasteiger partial charge in [0.2, 0.25) is 5.91 Å². The van der Waals surface area contributed by atoms with E-state index >= 15 is 0 Å². The molecular weight excluding hydrogens is 242 g/mol. The molecule has 0 radical (unpaired) electrons. The molecule has 0 spiro atoms. The van der Waals surface area contributed by atoms with Crippen LogP contribution in [0.25, 0.3) is 0 Å². The molecule has 1 aromatic rings. The van der Waals surface area contributed by atoms with Crippen LogP contribution in [0.5, 0.6) is 0 Å². The number of amides is 1. The summed E-state index contributed by atoms with van der Waals surface area (Å²) in [6, 6.07) is 5.21. The molecule has 0 aliphatic carbocycles. The van der Waals surface area contributed by atoms with Crippen LogP contribution >= 0.6 is 0 Å². The van der Waals surface area contributed by atoms with E-state index in [0.29, 0.717) is 17.2 Å². The molecule has 0 aromatic heterocycles. The Morgan fingerprint density at radius 1 is 1.47 bits per heavy atom. The maximum absolute atomic E-state index is 11.1. The topological polar surface area (TPSA) is 81.6 Å². The number of carbonyl (C=O) groups is 1. The third-order valence-corrected chi connectivity index (χ3v) is 3.84. The first-order valence-electron chi connectivity index (χ1n) is 6.50. The van der Waals surface area contributed by atoms with Gasteiger partial charge in [-0.25, -0.2) is 0 Å². The van der Waals surface area contributed by atoms with E-state index in [4.69, 9.17) is 16.2 Å². The van der Waals surface area contributed by atoms with Crippen LogP contribution in [-0.2, 0) is 4.74 Å². The lowest BCUT2D eigenvalue weighted by Crippen LogP contribution is -2.44. The zero-order valence-corrected chi connectivity index (χ0v) is 11.4. The van der Waals surface area contributed by atoms with E-state index in [1.54, 1.807) is 19.2 Å². The van der Waals surface area contributed by atoms with E-state index in [9.17, 15) is 4.79 Å². The summed E-state index contributed by atoms with van der Waals surface area (Å²) in [5.41, 5.74) is 13.2. The second-order valence-corrected chi connectivity index (χ2v) is 5.12. The number of nitrogen functional groups attached to an aromatic ring is 1. The average Bonchev–Trinajstić information content (AvgIpc) is 2.39. The molecule has 1 aliphatic rings. The molecule has 5 heteroatoms. The molecule has 2 unspecified atom stereocenters. The quantitative estimate of drug-likeness (QED) is 0.804. The Balaban J connectivity index is 2.20. The molecule has 2 atom stereocenters. The van der Waals surface area contributed by atoms with E-state index in [-0.39, 0.29) is 6.10 Å². The van der Waals surface area contributed by atoms with Gasteiger partial charge >= 0.3 is 0 Å². The van der Waals surface area contributed by atoms with Crippen LogP contribution in [-0.4, -0.2) is 32.2 Å². The van der Waals surface area contributed by atoms with Crippen molar-refractivity contribution >= 4 is 17.3 Å². The van der Waals surface area contributed by atoms with Crippen molar-refractivity contribution in [3.63, 3.8) is 0 Å². The fraction of sp³-hybridized carbons (Fsp3) is 0.500. The Labute approximate surface area is 113 Å². The van der Waals surface area contributed by atoms with Gasteiger partial charge in [-0.15, -0.1) is 0 Å². The molecule has 5 nitrogen and oxygen atoms in total. The van der Waals surface area contributed by atoms with Crippen molar-refractivity contribution in [2.75, 3.05) is 30.8 Å². The Hall–Kier alpha value is -1.75. The van der Waals surface area contributed by atoms with Crippen LogP contribution in [0.2, 0.25) is 0 Å². The SMILES string of the molecule is COC1CN(c2ccc(C(N)=O)cc2N)CCC1C. The molecular formula is C14H21N3O2. The number of benzene rings is 1. The van der Waals surface area contributed by atoms with Crippen LogP contribution in [0.15, 0.2) is 18.2 Å². The van der Waals surface area contributed by atoms with Gasteiger partial charge in [-0.1, -0.05) is 6.92 Å². The van der Waals surface area contributed by atoms with Crippen molar-refractivity contribution in [1.82, 2.24) is 0 Å². The van der Waals surface area contributed by atoms with E-state index in [0.717, 1.165) is 25.2 Å². The Morgan fingerprint density at radius 3 is 2.79 bits per heavy atom. The van der Waals surface area contributed by atoms with Gasteiger partial charge in [0.25, 0.3) is 0 Å². The lowest BCUT2D eigenvalue weighted by Gasteiger charge is -2.38. The third kappa shape index (κ3) is 2.81. The summed E-state index contributed by atoms with van der Waals surface area (Å²) >= 11 is 0. The highest BCUT2D eigenvalue weighted by Gasteiger charge is 2.27. The molecule has 19 heavy (non-hydrogen) atoms. The second kappa shape index (κ2) is 5.48.